The largest absolute Gasteiger partial charge is 0.337 e. The van der Waals surface area contributed by atoms with Gasteiger partial charge in [-0.1, -0.05) is 6.92 Å². The van der Waals surface area contributed by atoms with Crippen molar-refractivity contribution in [2.45, 2.75) is 13.3 Å². The van der Waals surface area contributed by atoms with Gasteiger partial charge in [0, 0.05) is 23.8 Å². The van der Waals surface area contributed by atoms with Gasteiger partial charge in [0.05, 0.1) is 0 Å². The van der Waals surface area contributed by atoms with Gasteiger partial charge in [-0.3, -0.25) is 4.79 Å². The Bertz CT molecular complexity index is 381. The Morgan fingerprint density at radius 3 is 3.07 bits per heavy atom. The smallest absolute Gasteiger partial charge is 0.273 e. The Balaban J connectivity index is 2.18. The van der Waals surface area contributed by atoms with Crippen LogP contribution in [0.15, 0.2) is 22.8 Å². The SMILES string of the molecule is CC1CCN(C(=O)c2ncccc2Br)C1. The number of hydrogen-bond donors (Lipinski definition) is 0. The summed E-state index contributed by atoms with van der Waals surface area (Å²) in [7, 11) is 0. The summed E-state index contributed by atoms with van der Waals surface area (Å²) < 4.78 is 0.773. The summed E-state index contributed by atoms with van der Waals surface area (Å²) >= 11 is 3.35. The molecule has 1 aliphatic rings. The number of rotatable bonds is 1. The minimum atomic E-state index is 0.0341. The molecule has 3 nitrogen and oxygen atoms in total. The number of pyridine rings is 1. The van der Waals surface area contributed by atoms with Crippen LogP contribution in [0.1, 0.15) is 23.8 Å². The van der Waals surface area contributed by atoms with Crippen LogP contribution in [0, 0.1) is 5.92 Å². The topological polar surface area (TPSA) is 33.2 Å². The van der Waals surface area contributed by atoms with Gasteiger partial charge in [-0.15, -0.1) is 0 Å². The van der Waals surface area contributed by atoms with E-state index in [4.69, 9.17) is 0 Å². The molecule has 1 saturated heterocycles. The summed E-state index contributed by atoms with van der Waals surface area (Å²) in [4.78, 5) is 18.0. The van der Waals surface area contributed by atoms with Gasteiger partial charge in [0.1, 0.15) is 5.69 Å². The first-order valence-electron chi connectivity index (χ1n) is 5.08. The molecular formula is C11H13BrN2O. The fourth-order valence-corrected chi connectivity index (χ4v) is 2.24. The first-order chi connectivity index (χ1) is 7.18. The highest BCUT2D eigenvalue weighted by atomic mass is 79.9. The molecule has 2 heterocycles. The third kappa shape index (κ3) is 2.20. The first kappa shape index (κ1) is 10.6. The Kier molecular flexibility index (Phi) is 3.05. The third-order valence-corrected chi connectivity index (χ3v) is 3.31. The van der Waals surface area contributed by atoms with Crippen LogP contribution in [-0.2, 0) is 0 Å². The van der Waals surface area contributed by atoms with E-state index in [0.29, 0.717) is 11.6 Å². The highest BCUT2D eigenvalue weighted by Crippen LogP contribution is 2.20. The van der Waals surface area contributed by atoms with Gasteiger partial charge in [0.2, 0.25) is 0 Å². The molecule has 1 aromatic rings. The third-order valence-electron chi connectivity index (χ3n) is 2.67. The fourth-order valence-electron chi connectivity index (χ4n) is 1.81. The lowest BCUT2D eigenvalue weighted by Gasteiger charge is -2.15. The van der Waals surface area contributed by atoms with Crippen LogP contribution in [0.2, 0.25) is 0 Å². The Labute approximate surface area is 97.6 Å². The van der Waals surface area contributed by atoms with Crippen molar-refractivity contribution < 1.29 is 4.79 Å². The van der Waals surface area contributed by atoms with Gasteiger partial charge in [0.15, 0.2) is 0 Å². The maximum absolute atomic E-state index is 12.0. The summed E-state index contributed by atoms with van der Waals surface area (Å²) in [6, 6.07) is 3.66. The Morgan fingerprint density at radius 2 is 2.47 bits per heavy atom. The predicted molar refractivity (Wildman–Crippen MR) is 61.6 cm³/mol. The minimum absolute atomic E-state index is 0.0341. The maximum atomic E-state index is 12.0. The van der Waals surface area contributed by atoms with Crippen LogP contribution in [0.4, 0.5) is 0 Å². The molecule has 15 heavy (non-hydrogen) atoms. The highest BCUT2D eigenvalue weighted by Gasteiger charge is 2.25. The van der Waals surface area contributed by atoms with Gasteiger partial charge >= 0.3 is 0 Å². The van der Waals surface area contributed by atoms with Crippen LogP contribution >= 0.6 is 15.9 Å². The monoisotopic (exact) mass is 268 g/mol. The molecule has 0 radical (unpaired) electrons. The van der Waals surface area contributed by atoms with Crippen molar-refractivity contribution in [3.05, 3.63) is 28.5 Å². The Hall–Kier alpha value is -0.900. The lowest BCUT2D eigenvalue weighted by Crippen LogP contribution is -2.29. The zero-order chi connectivity index (χ0) is 10.8. The lowest BCUT2D eigenvalue weighted by atomic mass is 10.2. The van der Waals surface area contributed by atoms with Crippen molar-refractivity contribution in [3.8, 4) is 0 Å². The van der Waals surface area contributed by atoms with E-state index in [1.807, 2.05) is 17.0 Å². The van der Waals surface area contributed by atoms with Gasteiger partial charge < -0.3 is 4.90 Å². The highest BCUT2D eigenvalue weighted by molar-refractivity contribution is 9.10. The zero-order valence-electron chi connectivity index (χ0n) is 8.61. The average Bonchev–Trinajstić information content (AvgIpc) is 2.65. The normalized spacial score (nSPS) is 20.7. The van der Waals surface area contributed by atoms with Crippen molar-refractivity contribution in [2.75, 3.05) is 13.1 Å². The molecular weight excluding hydrogens is 256 g/mol. The number of aromatic nitrogens is 1. The van der Waals surface area contributed by atoms with E-state index >= 15 is 0 Å². The van der Waals surface area contributed by atoms with Gasteiger partial charge in [0.25, 0.3) is 5.91 Å². The molecule has 1 amide bonds. The number of amides is 1. The molecule has 1 unspecified atom stereocenters. The quantitative estimate of drug-likeness (QED) is 0.784. The van der Waals surface area contributed by atoms with Crippen LogP contribution in [-0.4, -0.2) is 28.9 Å². The van der Waals surface area contributed by atoms with Gasteiger partial charge in [-0.25, -0.2) is 4.98 Å². The number of likely N-dealkylation sites (tertiary alicyclic amines) is 1. The van der Waals surface area contributed by atoms with E-state index in [0.717, 1.165) is 24.0 Å². The van der Waals surface area contributed by atoms with E-state index in [1.54, 1.807) is 6.20 Å². The molecule has 1 aliphatic heterocycles. The summed E-state index contributed by atoms with van der Waals surface area (Å²) in [6.45, 7) is 3.87. The zero-order valence-corrected chi connectivity index (χ0v) is 10.2. The molecule has 0 N–H and O–H groups in total. The summed E-state index contributed by atoms with van der Waals surface area (Å²) in [5, 5.41) is 0. The van der Waals surface area contributed by atoms with Crippen LogP contribution < -0.4 is 0 Å². The maximum Gasteiger partial charge on any atom is 0.273 e. The average molecular weight is 269 g/mol. The predicted octanol–water partition coefficient (Wildman–Crippen LogP) is 2.33. The van der Waals surface area contributed by atoms with E-state index in [2.05, 4.69) is 27.8 Å². The number of carbonyl (C=O) groups is 1. The minimum Gasteiger partial charge on any atom is -0.337 e. The van der Waals surface area contributed by atoms with Crippen LogP contribution in [0.5, 0.6) is 0 Å². The van der Waals surface area contributed by atoms with Crippen LogP contribution in [0.25, 0.3) is 0 Å². The molecule has 0 aliphatic carbocycles. The molecule has 80 valence electrons. The molecule has 0 saturated carbocycles. The molecule has 1 atom stereocenters. The van der Waals surface area contributed by atoms with Crippen molar-refractivity contribution in [2.24, 2.45) is 5.92 Å². The van der Waals surface area contributed by atoms with Gasteiger partial charge in [-0.2, -0.15) is 0 Å². The molecule has 0 aromatic carbocycles. The van der Waals surface area contributed by atoms with E-state index < -0.39 is 0 Å². The molecule has 2 rings (SSSR count). The molecule has 1 fully saturated rings. The molecule has 1 aromatic heterocycles. The summed E-state index contributed by atoms with van der Waals surface area (Å²) in [5.74, 6) is 0.642. The second-order valence-electron chi connectivity index (χ2n) is 3.98. The summed E-state index contributed by atoms with van der Waals surface area (Å²) in [5.41, 5.74) is 0.520. The van der Waals surface area contributed by atoms with Crippen molar-refractivity contribution in [1.29, 1.82) is 0 Å². The number of hydrogen-bond acceptors (Lipinski definition) is 2. The fraction of sp³-hybridized carbons (Fsp3) is 0.455. The lowest BCUT2D eigenvalue weighted by molar-refractivity contribution is 0.0781. The second kappa shape index (κ2) is 4.31. The second-order valence-corrected chi connectivity index (χ2v) is 4.83. The molecule has 4 heteroatoms. The van der Waals surface area contributed by atoms with E-state index in [9.17, 15) is 4.79 Å². The number of nitrogens with zero attached hydrogens (tertiary/aromatic N) is 2. The van der Waals surface area contributed by atoms with Crippen molar-refractivity contribution in [1.82, 2.24) is 9.88 Å². The number of carbonyl (C=O) groups excluding carboxylic acids is 1. The molecule has 0 bridgehead atoms. The van der Waals surface area contributed by atoms with Crippen LogP contribution in [0.3, 0.4) is 0 Å². The summed E-state index contributed by atoms with van der Waals surface area (Å²) in [6.07, 6.45) is 2.74. The number of halogens is 1. The first-order valence-corrected chi connectivity index (χ1v) is 5.87. The molecule has 0 spiro atoms. The standard InChI is InChI=1S/C11H13BrN2O/c1-8-4-6-14(7-8)11(15)10-9(12)3-2-5-13-10/h2-3,5,8H,4,6-7H2,1H3. The van der Waals surface area contributed by atoms with E-state index in [-0.39, 0.29) is 5.91 Å². The van der Waals surface area contributed by atoms with Gasteiger partial charge in [-0.05, 0) is 40.4 Å². The van der Waals surface area contributed by atoms with E-state index in [1.165, 1.54) is 0 Å². The van der Waals surface area contributed by atoms with Crippen molar-refractivity contribution >= 4 is 21.8 Å². The Morgan fingerprint density at radius 1 is 1.67 bits per heavy atom. The van der Waals surface area contributed by atoms with Crippen molar-refractivity contribution in [3.63, 3.8) is 0 Å².